The maximum atomic E-state index is 9.39. The van der Waals surface area contributed by atoms with Gasteiger partial charge in [-0.2, -0.15) is 0 Å². The van der Waals surface area contributed by atoms with E-state index < -0.39 is 0 Å². The van der Waals surface area contributed by atoms with Crippen LogP contribution in [-0.2, 0) is 4.74 Å². The molecule has 0 spiro atoms. The van der Waals surface area contributed by atoms with Gasteiger partial charge in [-0.05, 0) is 6.42 Å². The zero-order valence-electron chi connectivity index (χ0n) is 7.05. The monoisotopic (exact) mass is 154 g/mol. The molecule has 0 aromatic carbocycles. The van der Waals surface area contributed by atoms with E-state index in [0.717, 1.165) is 24.2 Å². The molecule has 0 unspecified atom stereocenters. The van der Waals surface area contributed by atoms with Crippen molar-refractivity contribution < 1.29 is 9.84 Å². The van der Waals surface area contributed by atoms with Gasteiger partial charge < -0.3 is 9.84 Å². The first-order chi connectivity index (χ1) is 5.27. The molecule has 0 atom stereocenters. The zero-order valence-corrected chi connectivity index (χ0v) is 7.05. The predicted molar refractivity (Wildman–Crippen MR) is 44.3 cm³/mol. The van der Waals surface area contributed by atoms with Crippen LogP contribution in [0.1, 0.15) is 26.7 Å². The lowest BCUT2D eigenvalue weighted by molar-refractivity contribution is 0.210. The Morgan fingerprint density at radius 2 is 2.18 bits per heavy atom. The van der Waals surface area contributed by atoms with Crippen molar-refractivity contribution in [3.63, 3.8) is 0 Å². The second kappa shape index (κ2) is 3.46. The van der Waals surface area contributed by atoms with Crippen molar-refractivity contribution in [2.75, 3.05) is 6.61 Å². The molecule has 0 radical (unpaired) electrons. The number of aliphatic hydroxyl groups is 1. The van der Waals surface area contributed by atoms with E-state index in [4.69, 9.17) is 4.74 Å². The molecule has 1 rings (SSSR count). The molecule has 1 N–H and O–H groups in total. The van der Waals surface area contributed by atoms with E-state index in [-0.39, 0.29) is 0 Å². The first-order valence-electron chi connectivity index (χ1n) is 4.02. The number of rotatable bonds is 2. The molecule has 0 aliphatic carbocycles. The molecule has 1 heterocycles. The molecule has 0 aromatic heterocycles. The van der Waals surface area contributed by atoms with Crippen LogP contribution in [0, 0.1) is 0 Å². The summed E-state index contributed by atoms with van der Waals surface area (Å²) < 4.78 is 5.34. The summed E-state index contributed by atoms with van der Waals surface area (Å²) in [6, 6.07) is 0. The number of aliphatic hydroxyl groups excluding tert-OH is 1. The predicted octanol–water partition coefficient (Wildman–Crippen LogP) is 2.53. The first-order valence-corrected chi connectivity index (χ1v) is 4.02. The summed E-state index contributed by atoms with van der Waals surface area (Å²) in [7, 11) is 0. The second-order valence-electron chi connectivity index (χ2n) is 2.60. The third-order valence-electron chi connectivity index (χ3n) is 1.87. The Bertz CT molecular complexity index is 202. The van der Waals surface area contributed by atoms with Gasteiger partial charge >= 0.3 is 0 Å². The molecule has 0 aromatic rings. The van der Waals surface area contributed by atoms with Gasteiger partial charge in [0.2, 0.25) is 0 Å². The van der Waals surface area contributed by atoms with Crippen LogP contribution in [0.3, 0.4) is 0 Å². The van der Waals surface area contributed by atoms with Crippen molar-refractivity contribution >= 4 is 0 Å². The zero-order chi connectivity index (χ0) is 8.27. The Morgan fingerprint density at radius 1 is 1.45 bits per heavy atom. The SMILES string of the molecule is CCC1=CC(O)=C(CC)CO1. The molecule has 0 fully saturated rings. The molecule has 1 aliphatic heterocycles. The lowest BCUT2D eigenvalue weighted by atomic mass is 10.1. The van der Waals surface area contributed by atoms with E-state index in [9.17, 15) is 5.11 Å². The van der Waals surface area contributed by atoms with Crippen LogP contribution in [0.15, 0.2) is 23.2 Å². The molecule has 0 saturated heterocycles. The van der Waals surface area contributed by atoms with Gasteiger partial charge in [0.1, 0.15) is 12.4 Å². The Morgan fingerprint density at radius 3 is 2.64 bits per heavy atom. The van der Waals surface area contributed by atoms with Crippen LogP contribution in [-0.4, -0.2) is 11.7 Å². The maximum absolute atomic E-state index is 9.39. The van der Waals surface area contributed by atoms with E-state index in [1.165, 1.54) is 0 Å². The van der Waals surface area contributed by atoms with E-state index in [2.05, 4.69) is 0 Å². The van der Waals surface area contributed by atoms with Gasteiger partial charge in [0.05, 0.1) is 5.76 Å². The molecule has 11 heavy (non-hydrogen) atoms. The highest BCUT2D eigenvalue weighted by molar-refractivity contribution is 5.24. The largest absolute Gasteiger partial charge is 0.508 e. The van der Waals surface area contributed by atoms with E-state index >= 15 is 0 Å². The van der Waals surface area contributed by atoms with Gasteiger partial charge in [-0.3, -0.25) is 0 Å². The lowest BCUT2D eigenvalue weighted by Crippen LogP contribution is -2.06. The Kier molecular flexibility index (Phi) is 2.58. The minimum absolute atomic E-state index is 0.399. The number of ether oxygens (including phenoxy) is 1. The molecule has 0 bridgehead atoms. The van der Waals surface area contributed by atoms with Crippen LogP contribution in [0.4, 0.5) is 0 Å². The fourth-order valence-electron chi connectivity index (χ4n) is 1.04. The summed E-state index contributed by atoms with van der Waals surface area (Å²) in [6.45, 7) is 4.58. The van der Waals surface area contributed by atoms with Crippen molar-refractivity contribution in [1.82, 2.24) is 0 Å². The maximum Gasteiger partial charge on any atom is 0.121 e. The summed E-state index contributed by atoms with van der Waals surface area (Å²) in [5, 5.41) is 9.39. The Balaban J connectivity index is 2.76. The fourth-order valence-corrected chi connectivity index (χ4v) is 1.04. The molecule has 62 valence electrons. The van der Waals surface area contributed by atoms with Crippen LogP contribution in [0.25, 0.3) is 0 Å². The van der Waals surface area contributed by atoms with Gasteiger partial charge in [-0.25, -0.2) is 0 Å². The average Bonchev–Trinajstić information content (AvgIpc) is 2.04. The highest BCUT2D eigenvalue weighted by atomic mass is 16.5. The minimum atomic E-state index is 0.399. The highest BCUT2D eigenvalue weighted by Gasteiger charge is 2.10. The van der Waals surface area contributed by atoms with Gasteiger partial charge in [0.15, 0.2) is 0 Å². The van der Waals surface area contributed by atoms with E-state index in [1.54, 1.807) is 6.08 Å². The molecular weight excluding hydrogens is 140 g/mol. The molecule has 0 saturated carbocycles. The van der Waals surface area contributed by atoms with Crippen molar-refractivity contribution in [2.24, 2.45) is 0 Å². The Labute approximate surface area is 67.2 Å². The molecular formula is C9H14O2. The summed E-state index contributed by atoms with van der Waals surface area (Å²) in [5.41, 5.74) is 0.988. The first kappa shape index (κ1) is 8.18. The molecule has 2 nitrogen and oxygen atoms in total. The van der Waals surface area contributed by atoms with Crippen LogP contribution >= 0.6 is 0 Å². The standard InChI is InChI=1S/C9H14O2/c1-3-7-6-11-8(4-2)5-9(7)10/h5,10H,3-4,6H2,1-2H3. The van der Waals surface area contributed by atoms with E-state index in [1.807, 2.05) is 13.8 Å². The highest BCUT2D eigenvalue weighted by Crippen LogP contribution is 2.19. The van der Waals surface area contributed by atoms with Gasteiger partial charge in [-0.1, -0.05) is 13.8 Å². The van der Waals surface area contributed by atoms with Gasteiger partial charge in [-0.15, -0.1) is 0 Å². The van der Waals surface area contributed by atoms with Crippen molar-refractivity contribution in [1.29, 1.82) is 0 Å². The minimum Gasteiger partial charge on any atom is -0.508 e. The third kappa shape index (κ3) is 1.76. The van der Waals surface area contributed by atoms with Crippen molar-refractivity contribution in [2.45, 2.75) is 26.7 Å². The summed E-state index contributed by atoms with van der Waals surface area (Å²) in [6.07, 6.45) is 3.42. The topological polar surface area (TPSA) is 29.5 Å². The normalized spacial score (nSPS) is 17.8. The molecule has 1 aliphatic rings. The number of allylic oxidation sites excluding steroid dienone is 2. The summed E-state index contributed by atoms with van der Waals surface area (Å²) in [5.74, 6) is 1.27. The average molecular weight is 154 g/mol. The summed E-state index contributed by atoms with van der Waals surface area (Å²) in [4.78, 5) is 0. The van der Waals surface area contributed by atoms with Crippen molar-refractivity contribution in [3.8, 4) is 0 Å². The quantitative estimate of drug-likeness (QED) is 0.662. The van der Waals surface area contributed by atoms with E-state index in [0.29, 0.717) is 12.4 Å². The fraction of sp³-hybridized carbons (Fsp3) is 0.556. The smallest absolute Gasteiger partial charge is 0.121 e. The van der Waals surface area contributed by atoms with Crippen LogP contribution in [0.2, 0.25) is 0 Å². The van der Waals surface area contributed by atoms with Crippen LogP contribution < -0.4 is 0 Å². The second-order valence-corrected chi connectivity index (χ2v) is 2.60. The molecule has 2 heteroatoms. The molecule has 0 amide bonds. The number of hydrogen-bond acceptors (Lipinski definition) is 2. The third-order valence-corrected chi connectivity index (χ3v) is 1.87. The van der Waals surface area contributed by atoms with Crippen LogP contribution in [0.5, 0.6) is 0 Å². The van der Waals surface area contributed by atoms with Gasteiger partial charge in [0.25, 0.3) is 0 Å². The van der Waals surface area contributed by atoms with Gasteiger partial charge in [0, 0.05) is 18.1 Å². The Hall–Kier alpha value is -0.920. The van der Waals surface area contributed by atoms with Crippen molar-refractivity contribution in [3.05, 3.63) is 23.2 Å². The summed E-state index contributed by atoms with van der Waals surface area (Å²) >= 11 is 0. The lowest BCUT2D eigenvalue weighted by Gasteiger charge is -2.16. The number of hydrogen-bond donors (Lipinski definition) is 1.